The van der Waals surface area contributed by atoms with Crippen molar-refractivity contribution >= 4 is 15.9 Å². The minimum absolute atomic E-state index is 0.334. The van der Waals surface area contributed by atoms with Crippen LogP contribution in [0.2, 0.25) is 0 Å². The Morgan fingerprint density at radius 3 is 2.54 bits per heavy atom. The lowest BCUT2D eigenvalue weighted by atomic mass is 10.6. The summed E-state index contributed by atoms with van der Waals surface area (Å²) < 4.78 is 11.0. The third-order valence-corrected chi connectivity index (χ3v) is 1.62. The van der Waals surface area contributed by atoms with Gasteiger partial charge in [0.25, 0.3) is 0 Å². The van der Waals surface area contributed by atoms with E-state index in [0.717, 1.165) is 0 Å². The summed E-state index contributed by atoms with van der Waals surface area (Å²) in [5.41, 5.74) is 0. The number of hydrogen-bond acceptors (Lipinski definition) is 4. The van der Waals surface area contributed by atoms with Crippen LogP contribution >= 0.6 is 15.9 Å². The average Bonchev–Trinajstić information content (AvgIpc) is 2.04. The smallest absolute Gasteiger partial charge is 0.320 e. The van der Waals surface area contributed by atoms with Crippen molar-refractivity contribution in [3.05, 3.63) is 10.7 Å². The molecule has 0 aliphatic rings. The minimum Gasteiger partial charge on any atom is -0.478 e. The normalized spacial score (nSPS) is 9.77. The van der Waals surface area contributed by atoms with Crippen LogP contribution in [0, 0.1) is 0 Å². The van der Waals surface area contributed by atoms with Crippen molar-refractivity contribution in [3.8, 4) is 11.9 Å². The molecule has 0 N–H and O–H groups in total. The summed E-state index contributed by atoms with van der Waals surface area (Å²) in [4.78, 5) is 8.04. The molecule has 0 aromatic carbocycles. The van der Waals surface area contributed by atoms with Gasteiger partial charge in [-0.25, -0.2) is 0 Å². The monoisotopic (exact) mass is 246 g/mol. The molecular weight excluding hydrogens is 236 g/mol. The number of ether oxygens (including phenoxy) is 2. The number of aromatic nitrogens is 2. The summed E-state index contributed by atoms with van der Waals surface area (Å²) in [5, 5.41) is 0. The highest BCUT2D eigenvalue weighted by molar-refractivity contribution is 9.10. The fraction of sp³-hybridized carbons (Fsp3) is 0.500. The SMILES string of the molecule is CCOc1cc(Br)nc(OCC)n1. The molecule has 1 aromatic rings. The predicted octanol–water partition coefficient (Wildman–Crippen LogP) is 2.04. The fourth-order valence-electron chi connectivity index (χ4n) is 0.793. The van der Waals surface area contributed by atoms with E-state index < -0.39 is 0 Å². The van der Waals surface area contributed by atoms with E-state index in [1.54, 1.807) is 6.07 Å². The van der Waals surface area contributed by atoms with Crippen molar-refractivity contribution in [3.63, 3.8) is 0 Å². The van der Waals surface area contributed by atoms with Gasteiger partial charge in [-0.05, 0) is 29.8 Å². The quantitative estimate of drug-likeness (QED) is 0.763. The Hall–Kier alpha value is -0.840. The van der Waals surface area contributed by atoms with Crippen molar-refractivity contribution in [1.29, 1.82) is 0 Å². The van der Waals surface area contributed by atoms with Crippen LogP contribution in [-0.4, -0.2) is 23.2 Å². The number of rotatable bonds is 4. The van der Waals surface area contributed by atoms with E-state index in [1.165, 1.54) is 0 Å². The Labute approximate surface area is 85.4 Å². The van der Waals surface area contributed by atoms with E-state index in [2.05, 4.69) is 25.9 Å². The van der Waals surface area contributed by atoms with Gasteiger partial charge in [0, 0.05) is 6.07 Å². The highest BCUT2D eigenvalue weighted by atomic mass is 79.9. The first-order chi connectivity index (χ1) is 6.26. The van der Waals surface area contributed by atoms with Crippen LogP contribution in [0.3, 0.4) is 0 Å². The molecule has 0 unspecified atom stereocenters. The first kappa shape index (κ1) is 10.2. The third kappa shape index (κ3) is 3.18. The van der Waals surface area contributed by atoms with Crippen LogP contribution < -0.4 is 9.47 Å². The highest BCUT2D eigenvalue weighted by Gasteiger charge is 2.03. The average molecular weight is 247 g/mol. The number of halogens is 1. The van der Waals surface area contributed by atoms with Crippen molar-refractivity contribution in [1.82, 2.24) is 9.97 Å². The molecule has 4 nitrogen and oxygen atoms in total. The van der Waals surface area contributed by atoms with Gasteiger partial charge in [0.05, 0.1) is 13.2 Å². The Morgan fingerprint density at radius 1 is 1.23 bits per heavy atom. The molecule has 0 saturated carbocycles. The molecule has 72 valence electrons. The lowest BCUT2D eigenvalue weighted by molar-refractivity contribution is 0.288. The van der Waals surface area contributed by atoms with Gasteiger partial charge in [-0.3, -0.25) is 0 Å². The Bertz CT molecular complexity index is 257. The lowest BCUT2D eigenvalue weighted by Crippen LogP contribution is -2.01. The van der Waals surface area contributed by atoms with E-state index in [-0.39, 0.29) is 0 Å². The van der Waals surface area contributed by atoms with Gasteiger partial charge in [-0.15, -0.1) is 0 Å². The van der Waals surface area contributed by atoms with Gasteiger partial charge in [0.2, 0.25) is 5.88 Å². The van der Waals surface area contributed by atoms with E-state index in [9.17, 15) is 0 Å². The van der Waals surface area contributed by atoms with E-state index in [1.807, 2.05) is 13.8 Å². The molecule has 1 rings (SSSR count). The molecule has 0 amide bonds. The minimum atomic E-state index is 0.334. The lowest BCUT2D eigenvalue weighted by Gasteiger charge is -2.04. The van der Waals surface area contributed by atoms with Crippen LogP contribution in [0.25, 0.3) is 0 Å². The molecule has 0 radical (unpaired) electrons. The largest absolute Gasteiger partial charge is 0.478 e. The maximum Gasteiger partial charge on any atom is 0.320 e. The zero-order chi connectivity index (χ0) is 9.68. The van der Waals surface area contributed by atoms with Gasteiger partial charge in [-0.2, -0.15) is 9.97 Å². The van der Waals surface area contributed by atoms with Gasteiger partial charge < -0.3 is 9.47 Å². The molecule has 5 heteroatoms. The fourth-order valence-corrected chi connectivity index (χ4v) is 1.14. The number of nitrogens with zero attached hydrogens (tertiary/aromatic N) is 2. The Kier molecular flexibility index (Phi) is 3.95. The van der Waals surface area contributed by atoms with Crippen LogP contribution in [-0.2, 0) is 0 Å². The Balaban J connectivity index is 2.83. The van der Waals surface area contributed by atoms with Crippen molar-refractivity contribution in [2.75, 3.05) is 13.2 Å². The molecule has 0 atom stereocenters. The standard InChI is InChI=1S/C8H11BrN2O2/c1-3-12-7-5-6(9)10-8(11-7)13-4-2/h5H,3-4H2,1-2H3. The maximum absolute atomic E-state index is 5.21. The van der Waals surface area contributed by atoms with Crippen molar-refractivity contribution in [2.45, 2.75) is 13.8 Å². The summed E-state index contributed by atoms with van der Waals surface area (Å²) in [7, 11) is 0. The summed E-state index contributed by atoms with van der Waals surface area (Å²) in [6, 6.07) is 2.03. The van der Waals surface area contributed by atoms with Gasteiger partial charge in [0.1, 0.15) is 4.60 Å². The van der Waals surface area contributed by atoms with Crippen LogP contribution in [0.15, 0.2) is 10.7 Å². The molecule has 13 heavy (non-hydrogen) atoms. The summed E-state index contributed by atoms with van der Waals surface area (Å²) in [6.07, 6.45) is 0. The molecule has 0 aliphatic carbocycles. The first-order valence-electron chi connectivity index (χ1n) is 4.06. The molecule has 1 heterocycles. The molecule has 0 saturated heterocycles. The van der Waals surface area contributed by atoms with Gasteiger partial charge in [0.15, 0.2) is 0 Å². The first-order valence-corrected chi connectivity index (χ1v) is 4.85. The number of hydrogen-bond donors (Lipinski definition) is 0. The van der Waals surface area contributed by atoms with E-state index in [4.69, 9.17) is 9.47 Å². The second-order valence-electron chi connectivity index (χ2n) is 2.18. The third-order valence-electron chi connectivity index (χ3n) is 1.22. The van der Waals surface area contributed by atoms with Crippen molar-refractivity contribution in [2.24, 2.45) is 0 Å². The van der Waals surface area contributed by atoms with Gasteiger partial charge >= 0.3 is 6.01 Å². The predicted molar refractivity (Wildman–Crippen MR) is 52.1 cm³/mol. The molecular formula is C8H11BrN2O2. The summed E-state index contributed by atoms with van der Waals surface area (Å²) >= 11 is 3.24. The molecule has 0 fully saturated rings. The van der Waals surface area contributed by atoms with E-state index in [0.29, 0.717) is 29.7 Å². The van der Waals surface area contributed by atoms with Crippen molar-refractivity contribution < 1.29 is 9.47 Å². The van der Waals surface area contributed by atoms with E-state index >= 15 is 0 Å². The van der Waals surface area contributed by atoms with Gasteiger partial charge in [-0.1, -0.05) is 0 Å². The summed E-state index contributed by atoms with van der Waals surface area (Å²) in [5.74, 6) is 0.521. The maximum atomic E-state index is 5.21. The zero-order valence-electron chi connectivity index (χ0n) is 7.58. The highest BCUT2D eigenvalue weighted by Crippen LogP contribution is 2.17. The molecule has 1 aromatic heterocycles. The molecule has 0 bridgehead atoms. The zero-order valence-corrected chi connectivity index (χ0v) is 9.17. The van der Waals surface area contributed by atoms with Crippen LogP contribution in [0.4, 0.5) is 0 Å². The van der Waals surface area contributed by atoms with Crippen LogP contribution in [0.1, 0.15) is 13.8 Å². The molecule has 0 aliphatic heterocycles. The van der Waals surface area contributed by atoms with Crippen LogP contribution in [0.5, 0.6) is 11.9 Å². The topological polar surface area (TPSA) is 44.2 Å². The molecule has 0 spiro atoms. The summed E-state index contributed by atoms with van der Waals surface area (Å²) in [6.45, 7) is 4.90. The Morgan fingerprint density at radius 2 is 1.92 bits per heavy atom. The second-order valence-corrected chi connectivity index (χ2v) is 2.99. The second kappa shape index (κ2) is 5.01.